The summed E-state index contributed by atoms with van der Waals surface area (Å²) in [7, 11) is 0. The van der Waals surface area contributed by atoms with Gasteiger partial charge < -0.3 is 9.47 Å². The molecule has 0 saturated heterocycles. The van der Waals surface area contributed by atoms with E-state index in [-0.39, 0.29) is 23.8 Å². The predicted octanol–water partition coefficient (Wildman–Crippen LogP) is 6.85. The third kappa shape index (κ3) is 12.3. The highest BCUT2D eigenvalue weighted by Gasteiger charge is 2.37. The number of rotatable bonds is 16. The molecule has 2 atom stereocenters. The second-order valence-corrected chi connectivity index (χ2v) is 9.20. The fourth-order valence-corrected chi connectivity index (χ4v) is 4.15. The van der Waals surface area contributed by atoms with E-state index < -0.39 is 0 Å². The molecule has 0 bridgehead atoms. The molecule has 4 heteroatoms. The molecule has 0 amide bonds. The Kier molecular flexibility index (Phi) is 15.0. The molecule has 2 unspecified atom stereocenters. The van der Waals surface area contributed by atoms with Gasteiger partial charge in [-0.2, -0.15) is 0 Å². The summed E-state index contributed by atoms with van der Waals surface area (Å²) in [5, 5.41) is 0. The Morgan fingerprint density at radius 3 is 1.66 bits per heavy atom. The Bertz CT molecular complexity index is 433. The van der Waals surface area contributed by atoms with Crippen LogP contribution in [0.2, 0.25) is 0 Å². The highest BCUT2D eigenvalue weighted by Crippen LogP contribution is 2.32. The molecule has 0 spiro atoms. The Labute approximate surface area is 179 Å². The second-order valence-electron chi connectivity index (χ2n) is 9.20. The van der Waals surface area contributed by atoms with Crippen molar-refractivity contribution in [2.75, 3.05) is 13.2 Å². The molecule has 0 aromatic rings. The maximum Gasteiger partial charge on any atom is 0.309 e. The van der Waals surface area contributed by atoms with Crippen molar-refractivity contribution in [2.24, 2.45) is 17.8 Å². The van der Waals surface area contributed by atoms with Crippen molar-refractivity contribution >= 4 is 11.9 Å². The van der Waals surface area contributed by atoms with E-state index in [9.17, 15) is 9.59 Å². The highest BCUT2D eigenvalue weighted by atomic mass is 16.5. The van der Waals surface area contributed by atoms with E-state index in [1.165, 1.54) is 44.9 Å². The maximum atomic E-state index is 12.5. The monoisotopic (exact) mass is 410 g/mol. The molecular weight excluding hydrogens is 364 g/mol. The second kappa shape index (κ2) is 16.7. The molecule has 0 radical (unpaired) electrons. The minimum absolute atomic E-state index is 0.186. The Morgan fingerprint density at radius 1 is 0.724 bits per heavy atom. The van der Waals surface area contributed by atoms with Gasteiger partial charge in [-0.25, -0.2) is 0 Å². The SMILES string of the molecule is CCCCCCCCCOC(=O)C1CCCCC1C(=O)OCCCCCC(C)C. The van der Waals surface area contributed by atoms with Crippen LogP contribution in [0.5, 0.6) is 0 Å². The molecule has 0 aromatic carbocycles. The molecule has 0 aromatic heterocycles. The van der Waals surface area contributed by atoms with Gasteiger partial charge in [0.2, 0.25) is 0 Å². The van der Waals surface area contributed by atoms with E-state index in [0.29, 0.717) is 13.2 Å². The van der Waals surface area contributed by atoms with Crippen LogP contribution in [0.1, 0.15) is 117 Å². The first kappa shape index (κ1) is 26.0. The molecule has 0 aliphatic heterocycles. The fraction of sp³-hybridized carbons (Fsp3) is 0.920. The van der Waals surface area contributed by atoms with Crippen molar-refractivity contribution < 1.29 is 19.1 Å². The van der Waals surface area contributed by atoms with E-state index in [0.717, 1.165) is 57.3 Å². The molecule has 1 aliphatic carbocycles. The molecule has 1 saturated carbocycles. The van der Waals surface area contributed by atoms with Gasteiger partial charge in [0.1, 0.15) is 0 Å². The summed E-state index contributed by atoms with van der Waals surface area (Å²) in [5.41, 5.74) is 0. The topological polar surface area (TPSA) is 52.6 Å². The number of carbonyl (C=O) groups excluding carboxylic acids is 2. The van der Waals surface area contributed by atoms with E-state index in [1.807, 2.05) is 0 Å². The van der Waals surface area contributed by atoms with Crippen LogP contribution < -0.4 is 0 Å². The largest absolute Gasteiger partial charge is 0.465 e. The molecule has 29 heavy (non-hydrogen) atoms. The van der Waals surface area contributed by atoms with Gasteiger partial charge in [0.15, 0.2) is 0 Å². The Balaban J connectivity index is 2.22. The van der Waals surface area contributed by atoms with Crippen LogP contribution in [0, 0.1) is 17.8 Å². The molecule has 1 fully saturated rings. The summed E-state index contributed by atoms with van der Waals surface area (Å²) >= 11 is 0. The van der Waals surface area contributed by atoms with E-state index >= 15 is 0 Å². The van der Waals surface area contributed by atoms with Crippen molar-refractivity contribution in [2.45, 2.75) is 117 Å². The van der Waals surface area contributed by atoms with Crippen LogP contribution in [-0.4, -0.2) is 25.2 Å². The highest BCUT2D eigenvalue weighted by molar-refractivity contribution is 5.82. The fourth-order valence-electron chi connectivity index (χ4n) is 4.15. The molecule has 1 aliphatic rings. The normalized spacial score (nSPS) is 19.3. The van der Waals surface area contributed by atoms with E-state index in [4.69, 9.17) is 9.47 Å². The van der Waals surface area contributed by atoms with Crippen LogP contribution in [0.15, 0.2) is 0 Å². The number of carbonyl (C=O) groups is 2. The van der Waals surface area contributed by atoms with Gasteiger partial charge in [0.25, 0.3) is 0 Å². The van der Waals surface area contributed by atoms with Crippen LogP contribution in [-0.2, 0) is 19.1 Å². The van der Waals surface area contributed by atoms with Gasteiger partial charge in [0, 0.05) is 0 Å². The Morgan fingerprint density at radius 2 is 1.17 bits per heavy atom. The predicted molar refractivity (Wildman–Crippen MR) is 119 cm³/mol. The van der Waals surface area contributed by atoms with Crippen LogP contribution >= 0.6 is 0 Å². The maximum absolute atomic E-state index is 12.5. The molecule has 4 nitrogen and oxygen atoms in total. The van der Waals surface area contributed by atoms with Crippen molar-refractivity contribution in [1.29, 1.82) is 0 Å². The minimum atomic E-state index is -0.305. The van der Waals surface area contributed by atoms with Crippen LogP contribution in [0.3, 0.4) is 0 Å². The quantitative estimate of drug-likeness (QED) is 0.206. The van der Waals surface area contributed by atoms with Crippen molar-refractivity contribution in [3.8, 4) is 0 Å². The lowest BCUT2D eigenvalue weighted by Crippen LogP contribution is -2.35. The summed E-state index contributed by atoms with van der Waals surface area (Å²) in [6.45, 7) is 7.65. The number of ether oxygens (including phenoxy) is 2. The van der Waals surface area contributed by atoms with E-state index in [2.05, 4.69) is 20.8 Å². The van der Waals surface area contributed by atoms with Crippen LogP contribution in [0.25, 0.3) is 0 Å². The average Bonchev–Trinajstić information content (AvgIpc) is 2.72. The zero-order valence-electron chi connectivity index (χ0n) is 19.4. The number of hydrogen-bond donors (Lipinski definition) is 0. The molecule has 1 rings (SSSR count). The van der Waals surface area contributed by atoms with Crippen molar-refractivity contribution in [1.82, 2.24) is 0 Å². The van der Waals surface area contributed by atoms with Crippen LogP contribution in [0.4, 0.5) is 0 Å². The third-order valence-corrected chi connectivity index (χ3v) is 6.03. The van der Waals surface area contributed by atoms with Crippen molar-refractivity contribution in [3.05, 3.63) is 0 Å². The lowest BCUT2D eigenvalue weighted by molar-refractivity contribution is -0.163. The minimum Gasteiger partial charge on any atom is -0.465 e. The summed E-state index contributed by atoms with van der Waals surface area (Å²) in [6.07, 6.45) is 16.3. The summed E-state index contributed by atoms with van der Waals surface area (Å²) < 4.78 is 11.0. The third-order valence-electron chi connectivity index (χ3n) is 6.03. The smallest absolute Gasteiger partial charge is 0.309 e. The number of hydrogen-bond acceptors (Lipinski definition) is 4. The zero-order valence-corrected chi connectivity index (χ0v) is 19.4. The first-order valence-corrected chi connectivity index (χ1v) is 12.4. The van der Waals surface area contributed by atoms with Gasteiger partial charge in [-0.15, -0.1) is 0 Å². The number of unbranched alkanes of at least 4 members (excludes halogenated alkanes) is 8. The van der Waals surface area contributed by atoms with Crippen molar-refractivity contribution in [3.63, 3.8) is 0 Å². The van der Waals surface area contributed by atoms with Gasteiger partial charge in [-0.3, -0.25) is 9.59 Å². The lowest BCUT2D eigenvalue weighted by Gasteiger charge is -2.28. The van der Waals surface area contributed by atoms with Gasteiger partial charge in [0.05, 0.1) is 25.0 Å². The molecular formula is C25H46O4. The molecule has 0 N–H and O–H groups in total. The standard InChI is InChI=1S/C25H46O4/c1-4-5-6-7-8-9-14-19-28-24(26)22-17-12-13-18-23(22)25(27)29-20-15-10-11-16-21(2)3/h21-23H,4-20H2,1-3H3. The van der Waals surface area contributed by atoms with Gasteiger partial charge in [-0.05, 0) is 31.6 Å². The number of esters is 2. The lowest BCUT2D eigenvalue weighted by atomic mass is 9.79. The average molecular weight is 411 g/mol. The summed E-state index contributed by atoms with van der Waals surface area (Å²) in [5.74, 6) is -0.253. The summed E-state index contributed by atoms with van der Waals surface area (Å²) in [6, 6.07) is 0. The summed E-state index contributed by atoms with van der Waals surface area (Å²) in [4.78, 5) is 25.1. The Hall–Kier alpha value is -1.06. The van der Waals surface area contributed by atoms with Gasteiger partial charge >= 0.3 is 11.9 Å². The van der Waals surface area contributed by atoms with E-state index in [1.54, 1.807) is 0 Å². The zero-order chi connectivity index (χ0) is 21.3. The molecule has 0 heterocycles. The van der Waals surface area contributed by atoms with Gasteiger partial charge in [-0.1, -0.05) is 91.4 Å². The first-order chi connectivity index (χ1) is 14.1. The first-order valence-electron chi connectivity index (χ1n) is 12.4. The molecule has 170 valence electrons.